The molecule has 2 amide bonds. The van der Waals surface area contributed by atoms with E-state index in [1.807, 2.05) is 12.1 Å². The highest BCUT2D eigenvalue weighted by atomic mass is 35.5. The van der Waals surface area contributed by atoms with Gasteiger partial charge in [0.15, 0.2) is 5.82 Å². The maximum atomic E-state index is 12.9. The standard InChI is InChI=1S/C21H15ClF3N5OS/c22-14-6-4-12(5-7-14)18-27-20-30(28-18)16-8-9-29(11-17(16)32-20)19(31)26-15-3-1-2-13(10-15)21(23,24)25/h1-7,10H,8-9,11H2,(H,26,31). The fraction of sp³-hybridized carbons (Fsp3) is 0.190. The fourth-order valence-corrected chi connectivity index (χ4v) is 4.80. The summed E-state index contributed by atoms with van der Waals surface area (Å²) in [5.41, 5.74) is 1.14. The normalized spacial score (nSPS) is 13.9. The van der Waals surface area contributed by atoms with E-state index >= 15 is 0 Å². The number of amides is 2. The Morgan fingerprint density at radius 3 is 2.69 bits per heavy atom. The molecule has 3 heterocycles. The van der Waals surface area contributed by atoms with Crippen LogP contribution in [0.2, 0.25) is 5.02 Å². The Balaban J connectivity index is 1.33. The number of thiazole rings is 1. The summed E-state index contributed by atoms with van der Waals surface area (Å²) in [6, 6.07) is 11.4. The summed E-state index contributed by atoms with van der Waals surface area (Å²) in [5, 5.41) is 7.80. The molecule has 4 aromatic rings. The molecule has 0 aliphatic carbocycles. The molecular weight excluding hydrogens is 463 g/mol. The molecular formula is C21H15ClF3N5OS. The second-order valence-corrected chi connectivity index (χ2v) is 8.79. The van der Waals surface area contributed by atoms with E-state index in [9.17, 15) is 18.0 Å². The Morgan fingerprint density at radius 2 is 1.94 bits per heavy atom. The molecule has 0 radical (unpaired) electrons. The van der Waals surface area contributed by atoms with Gasteiger partial charge < -0.3 is 10.2 Å². The molecule has 0 spiro atoms. The van der Waals surface area contributed by atoms with Crippen LogP contribution in [-0.2, 0) is 19.1 Å². The number of rotatable bonds is 2. The van der Waals surface area contributed by atoms with Gasteiger partial charge in [0.25, 0.3) is 0 Å². The Bertz CT molecular complexity index is 1320. The number of hydrogen-bond acceptors (Lipinski definition) is 4. The number of hydrogen-bond donors (Lipinski definition) is 1. The minimum Gasteiger partial charge on any atom is -0.319 e. The van der Waals surface area contributed by atoms with Gasteiger partial charge in [-0.3, -0.25) is 0 Å². The van der Waals surface area contributed by atoms with E-state index < -0.39 is 17.8 Å². The van der Waals surface area contributed by atoms with Gasteiger partial charge in [-0.15, -0.1) is 5.10 Å². The molecule has 1 aliphatic heterocycles. The number of aromatic nitrogens is 3. The first-order valence-corrected chi connectivity index (χ1v) is 10.8. The van der Waals surface area contributed by atoms with Gasteiger partial charge in [-0.2, -0.15) is 18.2 Å². The number of benzene rings is 2. The maximum Gasteiger partial charge on any atom is 0.416 e. The minimum absolute atomic E-state index is 0.103. The van der Waals surface area contributed by atoms with Crippen LogP contribution in [0.5, 0.6) is 0 Å². The van der Waals surface area contributed by atoms with E-state index in [2.05, 4.69) is 15.4 Å². The van der Waals surface area contributed by atoms with Crippen LogP contribution >= 0.6 is 22.9 Å². The highest BCUT2D eigenvalue weighted by Gasteiger charge is 2.31. The predicted octanol–water partition coefficient (Wildman–Crippen LogP) is 5.72. The molecule has 0 atom stereocenters. The third-order valence-electron chi connectivity index (χ3n) is 5.15. The first-order chi connectivity index (χ1) is 15.3. The van der Waals surface area contributed by atoms with E-state index in [1.165, 1.54) is 23.5 Å². The molecule has 11 heteroatoms. The number of halogens is 4. The van der Waals surface area contributed by atoms with Crippen molar-refractivity contribution < 1.29 is 18.0 Å². The fourth-order valence-electron chi connectivity index (χ4n) is 3.56. The molecule has 2 aromatic heterocycles. The molecule has 1 aliphatic rings. The highest BCUT2D eigenvalue weighted by molar-refractivity contribution is 7.17. The summed E-state index contributed by atoms with van der Waals surface area (Å²) in [7, 11) is 0. The molecule has 5 rings (SSSR count). The van der Waals surface area contributed by atoms with E-state index in [4.69, 9.17) is 11.6 Å². The number of anilines is 1. The zero-order chi connectivity index (χ0) is 22.5. The van der Waals surface area contributed by atoms with Gasteiger partial charge in [0.1, 0.15) is 0 Å². The summed E-state index contributed by atoms with van der Waals surface area (Å²) in [5.74, 6) is 0.598. The molecule has 164 valence electrons. The number of fused-ring (bicyclic) bond motifs is 3. The Kier molecular flexibility index (Phi) is 5.06. The third-order valence-corrected chi connectivity index (χ3v) is 6.46. The lowest BCUT2D eigenvalue weighted by atomic mass is 10.2. The summed E-state index contributed by atoms with van der Waals surface area (Å²) in [6.07, 6.45) is -3.90. The Morgan fingerprint density at radius 1 is 1.16 bits per heavy atom. The van der Waals surface area contributed by atoms with Crippen molar-refractivity contribution in [1.29, 1.82) is 0 Å². The van der Waals surface area contributed by atoms with Crippen LogP contribution in [0, 0.1) is 0 Å². The van der Waals surface area contributed by atoms with Crippen LogP contribution in [0.1, 0.15) is 16.1 Å². The molecule has 6 nitrogen and oxygen atoms in total. The van der Waals surface area contributed by atoms with Crippen molar-refractivity contribution in [3.8, 4) is 11.4 Å². The van der Waals surface area contributed by atoms with Crippen LogP contribution in [0.3, 0.4) is 0 Å². The lowest BCUT2D eigenvalue weighted by molar-refractivity contribution is -0.137. The van der Waals surface area contributed by atoms with E-state index in [0.717, 1.165) is 33.2 Å². The summed E-state index contributed by atoms with van der Waals surface area (Å²) in [4.78, 5) is 20.5. The molecule has 2 aromatic carbocycles. The number of carbonyl (C=O) groups is 1. The van der Waals surface area contributed by atoms with Crippen molar-refractivity contribution in [2.75, 3.05) is 11.9 Å². The smallest absolute Gasteiger partial charge is 0.319 e. The van der Waals surface area contributed by atoms with Crippen LogP contribution in [0.4, 0.5) is 23.7 Å². The summed E-state index contributed by atoms with van der Waals surface area (Å²) in [6.45, 7) is 0.756. The van der Waals surface area contributed by atoms with Gasteiger partial charge in [0, 0.05) is 34.1 Å². The molecule has 0 fully saturated rings. The van der Waals surface area contributed by atoms with Crippen molar-refractivity contribution in [1.82, 2.24) is 19.5 Å². The number of nitrogens with zero attached hydrogens (tertiary/aromatic N) is 4. The maximum absolute atomic E-state index is 12.9. The van der Waals surface area contributed by atoms with Crippen LogP contribution in [-0.4, -0.2) is 32.1 Å². The number of alkyl halides is 3. The lowest BCUT2D eigenvalue weighted by Gasteiger charge is -2.26. The van der Waals surface area contributed by atoms with Crippen LogP contribution in [0.25, 0.3) is 16.3 Å². The van der Waals surface area contributed by atoms with Gasteiger partial charge >= 0.3 is 12.2 Å². The monoisotopic (exact) mass is 477 g/mol. The largest absolute Gasteiger partial charge is 0.416 e. The van der Waals surface area contributed by atoms with Crippen LogP contribution in [0.15, 0.2) is 48.5 Å². The van der Waals surface area contributed by atoms with Crippen molar-refractivity contribution in [3.63, 3.8) is 0 Å². The van der Waals surface area contributed by atoms with E-state index in [1.54, 1.807) is 21.5 Å². The minimum atomic E-state index is -4.47. The van der Waals surface area contributed by atoms with Gasteiger partial charge in [0.2, 0.25) is 4.96 Å². The molecule has 0 bridgehead atoms. The summed E-state index contributed by atoms with van der Waals surface area (Å²) >= 11 is 7.38. The topological polar surface area (TPSA) is 62.5 Å². The second-order valence-electron chi connectivity index (χ2n) is 7.29. The van der Waals surface area contributed by atoms with Gasteiger partial charge in [-0.05, 0) is 42.5 Å². The quantitative estimate of drug-likeness (QED) is 0.401. The average molecular weight is 478 g/mol. The SMILES string of the molecule is O=C(Nc1cccc(C(F)(F)F)c1)N1CCc2c(sc3nc(-c4ccc(Cl)cc4)nn23)C1. The summed E-state index contributed by atoms with van der Waals surface area (Å²) < 4.78 is 40.5. The Labute approximate surface area is 189 Å². The third kappa shape index (κ3) is 3.91. The predicted molar refractivity (Wildman–Crippen MR) is 116 cm³/mol. The average Bonchev–Trinajstić information content (AvgIpc) is 3.31. The van der Waals surface area contributed by atoms with Crippen molar-refractivity contribution in [2.24, 2.45) is 0 Å². The van der Waals surface area contributed by atoms with Gasteiger partial charge in [0.05, 0.1) is 17.8 Å². The number of nitrogens with one attached hydrogen (secondary N) is 1. The van der Waals surface area contributed by atoms with Crippen molar-refractivity contribution in [2.45, 2.75) is 19.1 Å². The molecule has 32 heavy (non-hydrogen) atoms. The molecule has 0 saturated heterocycles. The first-order valence-electron chi connectivity index (χ1n) is 9.64. The molecule has 0 saturated carbocycles. The first kappa shape index (κ1) is 20.8. The van der Waals surface area contributed by atoms with Gasteiger partial charge in [-0.1, -0.05) is 29.0 Å². The van der Waals surface area contributed by atoms with Crippen LogP contribution < -0.4 is 5.32 Å². The molecule has 0 unspecified atom stereocenters. The van der Waals surface area contributed by atoms with E-state index in [-0.39, 0.29) is 5.69 Å². The zero-order valence-corrected chi connectivity index (χ0v) is 17.9. The van der Waals surface area contributed by atoms with E-state index in [0.29, 0.717) is 30.4 Å². The lowest BCUT2D eigenvalue weighted by Crippen LogP contribution is -2.38. The Hall–Kier alpha value is -3.11. The zero-order valence-electron chi connectivity index (χ0n) is 16.4. The molecule has 1 N–H and O–H groups in total. The van der Waals surface area contributed by atoms with Crippen molar-refractivity contribution >= 4 is 39.6 Å². The number of carbonyl (C=O) groups excluding carboxylic acids is 1. The number of urea groups is 1. The van der Waals surface area contributed by atoms with Gasteiger partial charge in [-0.25, -0.2) is 9.31 Å². The second kappa shape index (κ2) is 7.79. The van der Waals surface area contributed by atoms with Crippen molar-refractivity contribution in [3.05, 3.63) is 69.7 Å². The highest BCUT2D eigenvalue weighted by Crippen LogP contribution is 2.32.